The topological polar surface area (TPSA) is 88.2 Å². The van der Waals surface area contributed by atoms with Crippen molar-refractivity contribution in [2.24, 2.45) is 0 Å². The average molecular weight is 480 g/mol. The molecule has 3 N–H and O–H groups in total. The number of para-hydroxylation sites is 2. The summed E-state index contributed by atoms with van der Waals surface area (Å²) >= 11 is 5.88. The van der Waals surface area contributed by atoms with Crippen molar-refractivity contribution in [3.63, 3.8) is 0 Å². The fourth-order valence-electron chi connectivity index (χ4n) is 3.38. The zero-order chi connectivity index (χ0) is 23.9. The maximum absolute atomic E-state index is 13.5. The highest BCUT2D eigenvalue weighted by Gasteiger charge is 2.09. The smallest absolute Gasteiger partial charge is 0.224 e. The number of rotatable bonds is 9. The van der Waals surface area contributed by atoms with E-state index < -0.39 is 5.82 Å². The number of ether oxygens (including phenoxy) is 1. The number of aromatic nitrogens is 2. The lowest BCUT2D eigenvalue weighted by Gasteiger charge is -2.12. The molecule has 4 aromatic rings. The van der Waals surface area contributed by atoms with Crippen LogP contribution in [0.2, 0.25) is 5.02 Å². The van der Waals surface area contributed by atoms with Crippen LogP contribution in [0.15, 0.2) is 67.0 Å². The minimum atomic E-state index is -0.490. The first-order chi connectivity index (χ1) is 16.5. The van der Waals surface area contributed by atoms with E-state index >= 15 is 0 Å². The Kier molecular flexibility index (Phi) is 7.39. The molecule has 7 nitrogen and oxygen atoms in total. The van der Waals surface area contributed by atoms with E-state index in [0.29, 0.717) is 36.7 Å². The zero-order valence-electron chi connectivity index (χ0n) is 18.4. The first kappa shape index (κ1) is 23.3. The van der Waals surface area contributed by atoms with Gasteiger partial charge in [-0.15, -0.1) is 0 Å². The highest BCUT2D eigenvalue weighted by molar-refractivity contribution is 6.31. The molecule has 1 amide bonds. The Labute approximate surface area is 201 Å². The predicted molar refractivity (Wildman–Crippen MR) is 134 cm³/mol. The van der Waals surface area contributed by atoms with E-state index in [4.69, 9.17) is 16.3 Å². The number of fused-ring (bicyclic) bond motifs is 1. The summed E-state index contributed by atoms with van der Waals surface area (Å²) in [5.74, 6) is 0.599. The van der Waals surface area contributed by atoms with Crippen LogP contribution in [0.25, 0.3) is 10.9 Å². The van der Waals surface area contributed by atoms with E-state index in [1.807, 2.05) is 49.5 Å². The van der Waals surface area contributed by atoms with Gasteiger partial charge in [-0.05, 0) is 55.0 Å². The molecule has 0 aliphatic heterocycles. The SMILES string of the molecule is CNc1ccccc1NC(=O)CCCOc1ccc2ncnc(Nc3ccc(F)c(Cl)c3)c2c1. The molecule has 0 spiro atoms. The second-order valence-corrected chi connectivity index (χ2v) is 7.86. The second-order valence-electron chi connectivity index (χ2n) is 7.45. The van der Waals surface area contributed by atoms with E-state index in [-0.39, 0.29) is 10.9 Å². The molecule has 4 rings (SSSR count). The van der Waals surface area contributed by atoms with Gasteiger partial charge >= 0.3 is 0 Å². The van der Waals surface area contributed by atoms with Gasteiger partial charge in [0.2, 0.25) is 5.91 Å². The molecule has 0 aliphatic carbocycles. The molecule has 0 saturated carbocycles. The van der Waals surface area contributed by atoms with Crippen molar-refractivity contribution in [2.45, 2.75) is 12.8 Å². The summed E-state index contributed by atoms with van der Waals surface area (Å²) in [4.78, 5) is 20.9. The van der Waals surface area contributed by atoms with E-state index in [0.717, 1.165) is 22.3 Å². The van der Waals surface area contributed by atoms with Crippen LogP contribution in [-0.4, -0.2) is 29.5 Å². The van der Waals surface area contributed by atoms with Crippen molar-refractivity contribution >= 4 is 51.3 Å². The average Bonchev–Trinajstić information content (AvgIpc) is 2.85. The normalized spacial score (nSPS) is 10.7. The third-order valence-electron chi connectivity index (χ3n) is 5.08. The number of halogens is 2. The molecule has 0 fully saturated rings. The summed E-state index contributed by atoms with van der Waals surface area (Å²) in [7, 11) is 1.81. The summed E-state index contributed by atoms with van der Waals surface area (Å²) in [6.45, 7) is 0.372. The number of hydrogen-bond donors (Lipinski definition) is 3. The first-order valence-corrected chi connectivity index (χ1v) is 11.1. The summed E-state index contributed by atoms with van der Waals surface area (Å²) in [5.41, 5.74) is 2.93. The van der Waals surface area contributed by atoms with Gasteiger partial charge < -0.3 is 20.7 Å². The van der Waals surface area contributed by atoms with Crippen LogP contribution in [0, 0.1) is 5.82 Å². The molecule has 9 heteroatoms. The predicted octanol–water partition coefficient (Wildman–Crippen LogP) is 6.01. The van der Waals surface area contributed by atoms with Crippen LogP contribution in [0.1, 0.15) is 12.8 Å². The minimum absolute atomic E-state index is 0.0193. The number of carbonyl (C=O) groups is 1. The molecule has 0 unspecified atom stereocenters. The molecular weight excluding hydrogens is 457 g/mol. The molecule has 0 atom stereocenters. The number of nitrogens with zero attached hydrogens (tertiary/aromatic N) is 2. The molecule has 0 aliphatic rings. The highest BCUT2D eigenvalue weighted by Crippen LogP contribution is 2.28. The Morgan fingerprint density at radius 2 is 1.88 bits per heavy atom. The molecule has 3 aromatic carbocycles. The largest absolute Gasteiger partial charge is 0.494 e. The number of nitrogens with one attached hydrogen (secondary N) is 3. The first-order valence-electron chi connectivity index (χ1n) is 10.7. The van der Waals surface area contributed by atoms with Crippen molar-refractivity contribution < 1.29 is 13.9 Å². The van der Waals surface area contributed by atoms with Crippen molar-refractivity contribution in [1.29, 1.82) is 0 Å². The van der Waals surface area contributed by atoms with Gasteiger partial charge in [0.1, 0.15) is 23.7 Å². The van der Waals surface area contributed by atoms with Gasteiger partial charge in [0.05, 0.1) is 28.5 Å². The Morgan fingerprint density at radius 1 is 1.06 bits per heavy atom. The fourth-order valence-corrected chi connectivity index (χ4v) is 3.56. The van der Waals surface area contributed by atoms with E-state index in [1.165, 1.54) is 18.5 Å². The summed E-state index contributed by atoms with van der Waals surface area (Å²) in [6, 6.07) is 17.4. The third kappa shape index (κ3) is 5.71. The van der Waals surface area contributed by atoms with Gasteiger partial charge in [-0.2, -0.15) is 0 Å². The van der Waals surface area contributed by atoms with E-state index in [2.05, 4.69) is 25.9 Å². The van der Waals surface area contributed by atoms with Crippen LogP contribution >= 0.6 is 11.6 Å². The highest BCUT2D eigenvalue weighted by atomic mass is 35.5. The Bertz CT molecular complexity index is 1320. The number of anilines is 4. The van der Waals surface area contributed by atoms with Gasteiger partial charge in [0.25, 0.3) is 0 Å². The van der Waals surface area contributed by atoms with Gasteiger partial charge in [-0.3, -0.25) is 4.79 Å². The number of benzene rings is 3. The molecule has 174 valence electrons. The van der Waals surface area contributed by atoms with Crippen molar-refractivity contribution in [3.05, 3.63) is 77.8 Å². The summed E-state index contributed by atoms with van der Waals surface area (Å²) in [6.07, 6.45) is 2.32. The van der Waals surface area contributed by atoms with E-state index in [9.17, 15) is 9.18 Å². The molecule has 0 radical (unpaired) electrons. The molecule has 1 aromatic heterocycles. The summed E-state index contributed by atoms with van der Waals surface area (Å²) in [5, 5.41) is 9.86. The lowest BCUT2D eigenvalue weighted by Crippen LogP contribution is -2.13. The van der Waals surface area contributed by atoms with Crippen LogP contribution in [0.5, 0.6) is 5.75 Å². The number of carbonyl (C=O) groups excluding carboxylic acids is 1. The summed E-state index contributed by atoms with van der Waals surface area (Å²) < 4.78 is 19.3. The molecule has 0 saturated heterocycles. The molecule has 0 bridgehead atoms. The second kappa shape index (κ2) is 10.8. The minimum Gasteiger partial charge on any atom is -0.494 e. The monoisotopic (exact) mass is 479 g/mol. The standard InChI is InChI=1S/C25H23ClFN5O2/c1-28-22-5-2-3-6-23(22)32-24(33)7-4-12-34-17-9-11-21-18(14-17)25(30-15-29-21)31-16-8-10-20(27)19(26)13-16/h2-3,5-6,8-11,13-15,28H,4,7,12H2,1H3,(H,32,33)(H,29,30,31). The molecular formula is C25H23ClFN5O2. The quantitative estimate of drug-likeness (QED) is 0.255. The van der Waals surface area contributed by atoms with Gasteiger partial charge in [-0.25, -0.2) is 14.4 Å². The Hall–Kier alpha value is -3.91. The lowest BCUT2D eigenvalue weighted by molar-refractivity contribution is -0.116. The lowest BCUT2D eigenvalue weighted by atomic mass is 10.2. The van der Waals surface area contributed by atoms with Gasteiger partial charge in [-0.1, -0.05) is 23.7 Å². The third-order valence-corrected chi connectivity index (χ3v) is 5.37. The number of hydrogen-bond acceptors (Lipinski definition) is 6. The van der Waals surface area contributed by atoms with E-state index in [1.54, 1.807) is 6.07 Å². The fraction of sp³-hybridized carbons (Fsp3) is 0.160. The molecule has 34 heavy (non-hydrogen) atoms. The Morgan fingerprint density at radius 3 is 2.68 bits per heavy atom. The van der Waals surface area contributed by atoms with Crippen LogP contribution in [0.3, 0.4) is 0 Å². The Balaban J connectivity index is 1.36. The maximum Gasteiger partial charge on any atom is 0.224 e. The zero-order valence-corrected chi connectivity index (χ0v) is 19.2. The van der Waals surface area contributed by atoms with Gasteiger partial charge in [0, 0.05) is 24.5 Å². The van der Waals surface area contributed by atoms with Crippen molar-refractivity contribution in [3.8, 4) is 5.75 Å². The van der Waals surface area contributed by atoms with Crippen molar-refractivity contribution in [1.82, 2.24) is 9.97 Å². The van der Waals surface area contributed by atoms with Crippen LogP contribution in [0.4, 0.5) is 27.3 Å². The maximum atomic E-state index is 13.5. The van der Waals surface area contributed by atoms with Crippen molar-refractivity contribution in [2.75, 3.05) is 29.6 Å². The van der Waals surface area contributed by atoms with Crippen LogP contribution < -0.4 is 20.7 Å². The van der Waals surface area contributed by atoms with Crippen LogP contribution in [-0.2, 0) is 4.79 Å². The van der Waals surface area contributed by atoms with Gasteiger partial charge in [0.15, 0.2) is 0 Å². The number of amides is 1. The molecule has 1 heterocycles.